The maximum Gasteiger partial charge on any atom is 0.190 e. The van der Waals surface area contributed by atoms with E-state index in [9.17, 15) is 24.9 Å². The lowest BCUT2D eigenvalue weighted by atomic mass is 9.45. The number of rotatable bonds is 2. The largest absolute Gasteiger partial charge is 0.390 e. The highest BCUT2D eigenvalue weighted by Gasteiger charge is 2.75. The molecule has 0 aromatic carbocycles. The molecule has 0 radical (unpaired) electrons. The van der Waals surface area contributed by atoms with E-state index in [1.165, 1.54) is 6.08 Å². The zero-order chi connectivity index (χ0) is 20.7. The SMILES string of the molecule is C[C@H]1C[C@@H]2C3CC=C4CC(=O)C=C[C@]4(C)[C@]3(F)C(O)C[C@]2(C)[C@]1(O)C(=O)CO. The molecule has 0 aliphatic heterocycles. The molecule has 0 aromatic rings. The highest BCUT2D eigenvalue weighted by molar-refractivity contribution is 5.93. The van der Waals surface area contributed by atoms with Crippen molar-refractivity contribution in [2.45, 2.75) is 63.8 Å². The third-order valence-electron chi connectivity index (χ3n) is 8.75. The molecule has 28 heavy (non-hydrogen) atoms. The Labute approximate surface area is 164 Å². The molecule has 4 aliphatic rings. The molecule has 154 valence electrons. The summed E-state index contributed by atoms with van der Waals surface area (Å²) in [5.41, 5.74) is -5.18. The summed E-state index contributed by atoms with van der Waals surface area (Å²) in [7, 11) is 0. The van der Waals surface area contributed by atoms with Crippen molar-refractivity contribution < 1.29 is 29.3 Å². The monoisotopic (exact) mass is 392 g/mol. The number of aliphatic hydroxyl groups is 3. The Hall–Kier alpha value is -1.37. The zero-order valence-corrected chi connectivity index (χ0v) is 16.6. The van der Waals surface area contributed by atoms with E-state index in [-0.39, 0.29) is 24.5 Å². The van der Waals surface area contributed by atoms with Crippen molar-refractivity contribution in [1.29, 1.82) is 0 Å². The Balaban J connectivity index is 1.85. The van der Waals surface area contributed by atoms with Gasteiger partial charge >= 0.3 is 0 Å². The van der Waals surface area contributed by atoms with Gasteiger partial charge in [-0.3, -0.25) is 9.59 Å². The van der Waals surface area contributed by atoms with Crippen LogP contribution in [-0.2, 0) is 9.59 Å². The first-order valence-corrected chi connectivity index (χ1v) is 10.1. The molecule has 0 heterocycles. The van der Waals surface area contributed by atoms with Crippen molar-refractivity contribution in [3.63, 3.8) is 0 Å². The van der Waals surface area contributed by atoms with Gasteiger partial charge in [-0.1, -0.05) is 31.6 Å². The highest BCUT2D eigenvalue weighted by Crippen LogP contribution is 2.70. The fraction of sp³-hybridized carbons (Fsp3) is 0.727. The topological polar surface area (TPSA) is 94.8 Å². The molecule has 4 rings (SSSR count). The Morgan fingerprint density at radius 1 is 1.32 bits per heavy atom. The predicted molar refractivity (Wildman–Crippen MR) is 99.9 cm³/mol. The second-order valence-corrected chi connectivity index (χ2v) is 9.75. The molecule has 4 aliphatic carbocycles. The van der Waals surface area contributed by atoms with Crippen molar-refractivity contribution in [3.05, 3.63) is 23.8 Å². The minimum absolute atomic E-state index is 0.0676. The second-order valence-electron chi connectivity index (χ2n) is 9.75. The second kappa shape index (κ2) is 5.83. The molecule has 8 atom stereocenters. The molecule has 0 aromatic heterocycles. The van der Waals surface area contributed by atoms with Crippen LogP contribution in [0.15, 0.2) is 23.8 Å². The number of aliphatic hydroxyl groups excluding tert-OH is 2. The minimum atomic E-state index is -1.98. The number of allylic oxidation sites excluding steroid dienone is 4. The van der Waals surface area contributed by atoms with Crippen LogP contribution in [0.2, 0.25) is 0 Å². The lowest BCUT2D eigenvalue weighted by Crippen LogP contribution is -2.69. The summed E-state index contributed by atoms with van der Waals surface area (Å²) in [6.07, 6.45) is 4.41. The van der Waals surface area contributed by atoms with Gasteiger partial charge in [0.25, 0.3) is 0 Å². The smallest absolute Gasteiger partial charge is 0.190 e. The van der Waals surface area contributed by atoms with Crippen LogP contribution < -0.4 is 0 Å². The number of carbonyl (C=O) groups excluding carboxylic acids is 2. The number of alkyl halides is 1. The van der Waals surface area contributed by atoms with E-state index >= 15 is 4.39 Å². The van der Waals surface area contributed by atoms with Gasteiger partial charge in [-0.25, -0.2) is 4.39 Å². The van der Waals surface area contributed by atoms with Gasteiger partial charge in [-0.05, 0) is 44.1 Å². The number of Topliss-reactive ketones (excluding diaryl/α,β-unsaturated/α-hetero) is 1. The van der Waals surface area contributed by atoms with Crippen LogP contribution in [0.5, 0.6) is 0 Å². The van der Waals surface area contributed by atoms with Crippen LogP contribution in [0, 0.1) is 28.6 Å². The van der Waals surface area contributed by atoms with E-state index in [0.29, 0.717) is 18.4 Å². The van der Waals surface area contributed by atoms with E-state index in [0.717, 1.165) is 0 Å². The maximum atomic E-state index is 16.9. The zero-order valence-electron chi connectivity index (χ0n) is 16.6. The Morgan fingerprint density at radius 2 is 2.00 bits per heavy atom. The van der Waals surface area contributed by atoms with Crippen molar-refractivity contribution in [3.8, 4) is 0 Å². The van der Waals surface area contributed by atoms with Crippen LogP contribution >= 0.6 is 0 Å². The van der Waals surface area contributed by atoms with Gasteiger partial charge in [0.15, 0.2) is 17.2 Å². The lowest BCUT2D eigenvalue weighted by molar-refractivity contribution is -0.215. The number of hydrogen-bond acceptors (Lipinski definition) is 5. The number of halogens is 1. The van der Waals surface area contributed by atoms with Gasteiger partial charge in [-0.15, -0.1) is 0 Å². The summed E-state index contributed by atoms with van der Waals surface area (Å²) in [5.74, 6) is -2.09. The normalized spacial score (nSPS) is 52.5. The maximum absolute atomic E-state index is 16.9. The van der Waals surface area contributed by atoms with Gasteiger partial charge in [0.05, 0.1) is 6.10 Å². The van der Waals surface area contributed by atoms with Crippen LogP contribution in [0.3, 0.4) is 0 Å². The Bertz CT molecular complexity index is 805. The fourth-order valence-electron chi connectivity index (χ4n) is 7.17. The molecule has 0 amide bonds. The molecule has 3 N–H and O–H groups in total. The number of hydrogen-bond donors (Lipinski definition) is 3. The summed E-state index contributed by atoms with van der Waals surface area (Å²) < 4.78 is 16.9. The minimum Gasteiger partial charge on any atom is -0.390 e. The number of ketones is 2. The van der Waals surface area contributed by atoms with Crippen LogP contribution in [0.1, 0.15) is 46.5 Å². The standard InChI is InChI=1S/C22H29FO5/c1-12-8-16-15-5-4-13-9-14(25)6-7-19(13,2)21(15,23)17(26)10-20(16,3)22(12,28)18(27)11-24/h4,6-7,12,15-17,24,26,28H,5,8-11H2,1-3H3/t12-,15?,16+,17?,19-,20-,21+,22+/m0/s1. The fourth-order valence-corrected chi connectivity index (χ4v) is 7.17. The van der Waals surface area contributed by atoms with Gasteiger partial charge in [0.1, 0.15) is 12.2 Å². The molecule has 2 saturated carbocycles. The summed E-state index contributed by atoms with van der Waals surface area (Å²) in [6.45, 7) is 4.47. The third kappa shape index (κ3) is 2.01. The van der Waals surface area contributed by atoms with E-state index in [2.05, 4.69) is 0 Å². The Morgan fingerprint density at radius 3 is 2.64 bits per heavy atom. The summed E-state index contributed by atoms with van der Waals surface area (Å²) >= 11 is 0. The van der Waals surface area contributed by atoms with Crippen molar-refractivity contribution >= 4 is 11.6 Å². The first kappa shape index (κ1) is 19.9. The summed E-state index contributed by atoms with van der Waals surface area (Å²) in [6, 6.07) is 0. The van der Waals surface area contributed by atoms with Crippen LogP contribution in [0.25, 0.3) is 0 Å². The number of fused-ring (bicyclic) bond motifs is 5. The third-order valence-corrected chi connectivity index (χ3v) is 8.75. The van der Waals surface area contributed by atoms with E-state index in [1.54, 1.807) is 26.8 Å². The first-order chi connectivity index (χ1) is 13.0. The highest BCUT2D eigenvalue weighted by atomic mass is 19.1. The van der Waals surface area contributed by atoms with E-state index in [4.69, 9.17) is 0 Å². The predicted octanol–water partition coefficient (Wildman–Crippen LogP) is 1.90. The van der Waals surface area contributed by atoms with E-state index in [1.807, 2.05) is 6.08 Å². The van der Waals surface area contributed by atoms with Crippen molar-refractivity contribution in [2.24, 2.45) is 28.6 Å². The van der Waals surface area contributed by atoms with Gasteiger partial charge in [0, 0.05) is 23.2 Å². The quantitative estimate of drug-likeness (QED) is 0.624. The van der Waals surface area contributed by atoms with Crippen LogP contribution in [0.4, 0.5) is 4.39 Å². The molecule has 2 fully saturated rings. The molecule has 5 nitrogen and oxygen atoms in total. The molecular formula is C22H29FO5. The van der Waals surface area contributed by atoms with Gasteiger partial charge in [-0.2, -0.15) is 0 Å². The van der Waals surface area contributed by atoms with Crippen molar-refractivity contribution in [1.82, 2.24) is 0 Å². The van der Waals surface area contributed by atoms with Crippen LogP contribution in [-0.4, -0.2) is 50.9 Å². The van der Waals surface area contributed by atoms with E-state index < -0.39 is 52.4 Å². The average molecular weight is 392 g/mol. The molecule has 0 spiro atoms. The average Bonchev–Trinajstić information content (AvgIpc) is 2.84. The molecule has 6 heteroatoms. The Kier molecular flexibility index (Phi) is 4.15. The summed E-state index contributed by atoms with van der Waals surface area (Å²) in [4.78, 5) is 24.4. The molecule has 2 unspecified atom stereocenters. The van der Waals surface area contributed by atoms with Crippen molar-refractivity contribution in [2.75, 3.05) is 6.61 Å². The first-order valence-electron chi connectivity index (χ1n) is 10.1. The summed E-state index contributed by atoms with van der Waals surface area (Å²) in [5, 5.41) is 32.0. The molecule has 0 bridgehead atoms. The van der Waals surface area contributed by atoms with Gasteiger partial charge in [0.2, 0.25) is 0 Å². The molecular weight excluding hydrogens is 363 g/mol. The van der Waals surface area contributed by atoms with Gasteiger partial charge < -0.3 is 15.3 Å². The number of carbonyl (C=O) groups is 2. The lowest BCUT2D eigenvalue weighted by Gasteiger charge is -2.62. The molecule has 0 saturated heterocycles.